The number of aromatic nitrogens is 5. The maximum atomic E-state index is 5.14. The summed E-state index contributed by atoms with van der Waals surface area (Å²) in [6.07, 6.45) is 1.93. The van der Waals surface area contributed by atoms with E-state index in [2.05, 4.69) is 42.9 Å². The number of fused-ring (bicyclic) bond motifs is 1. The Balaban J connectivity index is 1.79. The highest BCUT2D eigenvalue weighted by Gasteiger charge is 2.24. The van der Waals surface area contributed by atoms with Crippen molar-refractivity contribution < 1.29 is 4.74 Å². The predicted octanol–water partition coefficient (Wildman–Crippen LogP) is 2.09. The highest BCUT2D eigenvalue weighted by molar-refractivity contribution is 5.39. The summed E-state index contributed by atoms with van der Waals surface area (Å²) in [7, 11) is 1.70. The summed E-state index contributed by atoms with van der Waals surface area (Å²) in [5.41, 5.74) is 5.68. The first-order chi connectivity index (χ1) is 12.0. The van der Waals surface area contributed by atoms with Crippen LogP contribution in [0.1, 0.15) is 42.2 Å². The monoisotopic (exact) mass is 344 g/mol. The minimum atomic E-state index is 0.603. The van der Waals surface area contributed by atoms with E-state index in [1.807, 2.05) is 4.68 Å². The number of anilines is 1. The van der Waals surface area contributed by atoms with Gasteiger partial charge in [-0.3, -0.25) is 0 Å². The molecule has 1 aliphatic heterocycles. The SMILES string of the molecule is COCCn1nnc2c1CCN(c1nc(C)c(CC(C)C)c(C)n1)C2. The molecule has 0 bridgehead atoms. The smallest absolute Gasteiger partial charge is 0.226 e. The standard InChI is InChI=1S/C18H28N6O/c1-12(2)10-15-13(3)19-18(20-14(15)4)23-7-6-17-16(11-23)21-22-24(17)8-9-25-5/h12H,6-11H2,1-5H3. The van der Waals surface area contributed by atoms with Gasteiger partial charge in [-0.2, -0.15) is 0 Å². The number of methoxy groups -OCH3 is 1. The van der Waals surface area contributed by atoms with Crippen LogP contribution in [0, 0.1) is 19.8 Å². The van der Waals surface area contributed by atoms with Crippen molar-refractivity contribution in [3.8, 4) is 0 Å². The maximum Gasteiger partial charge on any atom is 0.226 e. The van der Waals surface area contributed by atoms with Crippen LogP contribution in [0.3, 0.4) is 0 Å². The molecule has 0 N–H and O–H groups in total. The second kappa shape index (κ2) is 7.47. The summed E-state index contributed by atoms with van der Waals surface area (Å²) in [5.74, 6) is 1.41. The molecular formula is C18H28N6O. The summed E-state index contributed by atoms with van der Waals surface area (Å²) in [6, 6.07) is 0. The molecule has 0 atom stereocenters. The van der Waals surface area contributed by atoms with Gasteiger partial charge in [0.05, 0.1) is 25.4 Å². The predicted molar refractivity (Wildman–Crippen MR) is 96.7 cm³/mol. The van der Waals surface area contributed by atoms with Crippen molar-refractivity contribution in [1.82, 2.24) is 25.0 Å². The Kier molecular flexibility index (Phi) is 5.32. The quantitative estimate of drug-likeness (QED) is 0.799. The molecule has 0 aromatic carbocycles. The van der Waals surface area contributed by atoms with Gasteiger partial charge in [-0.25, -0.2) is 14.6 Å². The summed E-state index contributed by atoms with van der Waals surface area (Å²) in [5, 5.41) is 8.61. The normalized spacial score (nSPS) is 14.2. The van der Waals surface area contributed by atoms with Crippen LogP contribution in [0.15, 0.2) is 0 Å². The first-order valence-electron chi connectivity index (χ1n) is 8.98. The van der Waals surface area contributed by atoms with Gasteiger partial charge >= 0.3 is 0 Å². The minimum absolute atomic E-state index is 0.603. The second-order valence-corrected chi connectivity index (χ2v) is 7.14. The molecule has 7 nitrogen and oxygen atoms in total. The first kappa shape index (κ1) is 17.8. The Morgan fingerprint density at radius 2 is 1.88 bits per heavy atom. The van der Waals surface area contributed by atoms with E-state index < -0.39 is 0 Å². The topological polar surface area (TPSA) is 69.0 Å². The van der Waals surface area contributed by atoms with Crippen LogP contribution in [-0.4, -0.2) is 45.2 Å². The summed E-state index contributed by atoms with van der Waals surface area (Å²) < 4.78 is 7.10. The van der Waals surface area contributed by atoms with E-state index >= 15 is 0 Å². The molecule has 0 fully saturated rings. The van der Waals surface area contributed by atoms with Crippen molar-refractivity contribution in [3.05, 3.63) is 28.3 Å². The average Bonchev–Trinajstić information content (AvgIpc) is 2.98. The molecule has 0 saturated carbocycles. The highest BCUT2D eigenvalue weighted by atomic mass is 16.5. The number of hydrogen-bond donors (Lipinski definition) is 0. The van der Waals surface area contributed by atoms with Crippen molar-refractivity contribution in [2.45, 2.75) is 53.6 Å². The van der Waals surface area contributed by atoms with E-state index in [0.29, 0.717) is 19.1 Å². The zero-order valence-corrected chi connectivity index (χ0v) is 15.9. The lowest BCUT2D eigenvalue weighted by molar-refractivity contribution is 0.181. The largest absolute Gasteiger partial charge is 0.383 e. The fourth-order valence-electron chi connectivity index (χ4n) is 3.36. The van der Waals surface area contributed by atoms with Gasteiger partial charge in [-0.1, -0.05) is 19.1 Å². The van der Waals surface area contributed by atoms with Crippen LogP contribution in [0.4, 0.5) is 5.95 Å². The van der Waals surface area contributed by atoms with Gasteiger partial charge in [0.25, 0.3) is 0 Å². The number of ether oxygens (including phenoxy) is 1. The number of rotatable bonds is 6. The Morgan fingerprint density at radius 1 is 1.16 bits per heavy atom. The van der Waals surface area contributed by atoms with Crippen LogP contribution >= 0.6 is 0 Å². The van der Waals surface area contributed by atoms with Crippen molar-refractivity contribution >= 4 is 5.95 Å². The number of nitrogens with zero attached hydrogens (tertiary/aromatic N) is 6. The third-order valence-electron chi connectivity index (χ3n) is 4.69. The van der Waals surface area contributed by atoms with Crippen LogP contribution in [0.25, 0.3) is 0 Å². The molecule has 0 aliphatic carbocycles. The van der Waals surface area contributed by atoms with Gasteiger partial charge in [-0.15, -0.1) is 5.10 Å². The van der Waals surface area contributed by atoms with Crippen molar-refractivity contribution in [2.75, 3.05) is 25.2 Å². The molecule has 3 heterocycles. The highest BCUT2D eigenvalue weighted by Crippen LogP contribution is 2.23. The van der Waals surface area contributed by atoms with E-state index in [1.165, 1.54) is 11.3 Å². The summed E-state index contributed by atoms with van der Waals surface area (Å²) in [6.45, 7) is 11.6. The van der Waals surface area contributed by atoms with E-state index in [-0.39, 0.29) is 0 Å². The molecule has 136 valence electrons. The fraction of sp³-hybridized carbons (Fsp3) is 0.667. The van der Waals surface area contributed by atoms with Crippen LogP contribution in [-0.2, 0) is 30.7 Å². The molecule has 0 amide bonds. The van der Waals surface area contributed by atoms with Gasteiger partial charge in [-0.05, 0) is 31.7 Å². The minimum Gasteiger partial charge on any atom is -0.383 e. The molecule has 0 radical (unpaired) electrons. The van der Waals surface area contributed by atoms with E-state index in [9.17, 15) is 0 Å². The second-order valence-electron chi connectivity index (χ2n) is 7.14. The molecule has 0 unspecified atom stereocenters. The van der Waals surface area contributed by atoms with Crippen LogP contribution in [0.5, 0.6) is 0 Å². The third-order valence-corrected chi connectivity index (χ3v) is 4.69. The zero-order chi connectivity index (χ0) is 18.0. The Morgan fingerprint density at radius 3 is 2.52 bits per heavy atom. The summed E-state index contributed by atoms with van der Waals surface area (Å²) >= 11 is 0. The van der Waals surface area contributed by atoms with Gasteiger partial charge in [0.1, 0.15) is 5.69 Å². The number of aryl methyl sites for hydroxylation is 2. The average molecular weight is 344 g/mol. The molecule has 0 spiro atoms. The van der Waals surface area contributed by atoms with Crippen LogP contribution < -0.4 is 4.90 Å². The van der Waals surface area contributed by atoms with Gasteiger partial charge in [0, 0.05) is 31.5 Å². The van der Waals surface area contributed by atoms with Crippen molar-refractivity contribution in [1.29, 1.82) is 0 Å². The van der Waals surface area contributed by atoms with E-state index in [1.54, 1.807) is 7.11 Å². The summed E-state index contributed by atoms with van der Waals surface area (Å²) in [4.78, 5) is 11.8. The Bertz CT molecular complexity index is 716. The zero-order valence-electron chi connectivity index (χ0n) is 15.9. The van der Waals surface area contributed by atoms with E-state index in [4.69, 9.17) is 14.7 Å². The molecule has 2 aromatic rings. The molecule has 1 aliphatic rings. The van der Waals surface area contributed by atoms with E-state index in [0.717, 1.165) is 49.0 Å². The lowest BCUT2D eigenvalue weighted by atomic mass is 10.0. The molecule has 7 heteroatoms. The van der Waals surface area contributed by atoms with Gasteiger partial charge in [0.15, 0.2) is 0 Å². The lowest BCUT2D eigenvalue weighted by Gasteiger charge is -2.27. The molecule has 2 aromatic heterocycles. The lowest BCUT2D eigenvalue weighted by Crippen LogP contribution is -2.33. The third kappa shape index (κ3) is 3.81. The van der Waals surface area contributed by atoms with Gasteiger partial charge < -0.3 is 9.64 Å². The number of hydrogen-bond acceptors (Lipinski definition) is 6. The molecule has 25 heavy (non-hydrogen) atoms. The Hall–Kier alpha value is -2.02. The van der Waals surface area contributed by atoms with Crippen LogP contribution in [0.2, 0.25) is 0 Å². The molecule has 0 saturated heterocycles. The fourth-order valence-corrected chi connectivity index (χ4v) is 3.36. The first-order valence-corrected chi connectivity index (χ1v) is 8.98. The Labute approximate surface area is 149 Å². The van der Waals surface area contributed by atoms with Gasteiger partial charge in [0.2, 0.25) is 5.95 Å². The molecule has 3 rings (SSSR count). The van der Waals surface area contributed by atoms with Crippen molar-refractivity contribution in [3.63, 3.8) is 0 Å². The maximum absolute atomic E-state index is 5.14. The van der Waals surface area contributed by atoms with Crippen molar-refractivity contribution in [2.24, 2.45) is 5.92 Å². The molecular weight excluding hydrogens is 316 g/mol.